The molecule has 2 heterocycles. The van der Waals surface area contributed by atoms with Gasteiger partial charge < -0.3 is 15.5 Å². The zero-order valence-corrected chi connectivity index (χ0v) is 13.6. The van der Waals surface area contributed by atoms with Gasteiger partial charge in [-0.05, 0) is 31.9 Å². The normalized spacial score (nSPS) is 17.4. The number of nitrogens with two attached hydrogens (primary N) is 1. The Bertz CT molecular complexity index is 399. The molecule has 0 saturated carbocycles. The number of hydrogen-bond donors (Lipinski definition) is 1. The zero-order chi connectivity index (χ0) is 13.8. The van der Waals surface area contributed by atoms with Gasteiger partial charge in [0.15, 0.2) is 5.82 Å². The average molecular weight is 301 g/mol. The van der Waals surface area contributed by atoms with Crippen LogP contribution >= 0.6 is 23.3 Å². The van der Waals surface area contributed by atoms with Gasteiger partial charge in [0.1, 0.15) is 5.00 Å². The molecule has 1 aliphatic rings. The van der Waals surface area contributed by atoms with Crippen molar-refractivity contribution in [1.82, 2.24) is 14.2 Å². The standard InChI is InChI=1S/C12H23N5S2/c1-15(2)4-5-16-6-8-17(9-7-16)12-10(18-3)11(13)14-19-12/h4-9H2,1-3H3,(H2,13,14). The van der Waals surface area contributed by atoms with Gasteiger partial charge in [0.2, 0.25) is 0 Å². The van der Waals surface area contributed by atoms with Gasteiger partial charge in [-0.1, -0.05) is 0 Å². The van der Waals surface area contributed by atoms with Crippen molar-refractivity contribution in [2.24, 2.45) is 0 Å². The van der Waals surface area contributed by atoms with E-state index < -0.39 is 0 Å². The Labute approximate surface area is 123 Å². The van der Waals surface area contributed by atoms with Crippen LogP contribution < -0.4 is 10.6 Å². The minimum Gasteiger partial charge on any atom is -0.382 e. The first kappa shape index (κ1) is 14.9. The van der Waals surface area contributed by atoms with Crippen LogP contribution in [0.4, 0.5) is 10.8 Å². The van der Waals surface area contributed by atoms with Crippen molar-refractivity contribution in [3.63, 3.8) is 0 Å². The molecule has 108 valence electrons. The number of hydrogen-bond acceptors (Lipinski definition) is 7. The third kappa shape index (κ3) is 3.75. The highest BCUT2D eigenvalue weighted by molar-refractivity contribution is 7.99. The SMILES string of the molecule is CSc1c(N)nsc1N1CCN(CCN(C)C)CC1. The topological polar surface area (TPSA) is 48.6 Å². The molecule has 19 heavy (non-hydrogen) atoms. The third-order valence-corrected chi connectivity index (χ3v) is 5.25. The molecule has 0 bridgehead atoms. The second-order valence-electron chi connectivity index (χ2n) is 5.04. The summed E-state index contributed by atoms with van der Waals surface area (Å²) >= 11 is 3.23. The molecule has 5 nitrogen and oxygen atoms in total. The number of nitrogen functional groups attached to an aromatic ring is 1. The fourth-order valence-corrected chi connectivity index (χ4v) is 3.93. The first-order chi connectivity index (χ1) is 9.11. The lowest BCUT2D eigenvalue weighted by Gasteiger charge is -2.35. The summed E-state index contributed by atoms with van der Waals surface area (Å²) in [5, 5.41) is 1.25. The van der Waals surface area contributed by atoms with Crippen LogP contribution in [0.15, 0.2) is 4.90 Å². The summed E-state index contributed by atoms with van der Waals surface area (Å²) in [5.74, 6) is 0.683. The number of likely N-dealkylation sites (N-methyl/N-ethyl adjacent to an activating group) is 1. The highest BCUT2D eigenvalue weighted by atomic mass is 32.2. The monoisotopic (exact) mass is 301 g/mol. The van der Waals surface area contributed by atoms with E-state index in [1.165, 1.54) is 16.5 Å². The fourth-order valence-electron chi connectivity index (χ4n) is 2.19. The molecule has 2 rings (SSSR count). The van der Waals surface area contributed by atoms with Crippen LogP contribution in [0.1, 0.15) is 0 Å². The van der Waals surface area contributed by atoms with Gasteiger partial charge >= 0.3 is 0 Å². The highest BCUT2D eigenvalue weighted by Crippen LogP contribution is 2.37. The van der Waals surface area contributed by atoms with E-state index in [2.05, 4.69) is 39.4 Å². The molecule has 1 aromatic heterocycles. The summed E-state index contributed by atoms with van der Waals surface area (Å²) in [6.07, 6.45) is 2.07. The molecule has 0 unspecified atom stereocenters. The Kier molecular flexibility index (Phi) is 5.32. The van der Waals surface area contributed by atoms with Gasteiger partial charge in [0.05, 0.1) is 4.90 Å². The molecule has 2 N–H and O–H groups in total. The first-order valence-corrected chi connectivity index (χ1v) is 8.52. The summed E-state index contributed by atoms with van der Waals surface area (Å²) in [7, 11) is 4.25. The molecule has 1 saturated heterocycles. The van der Waals surface area contributed by atoms with E-state index in [1.54, 1.807) is 11.8 Å². The molecule has 0 radical (unpaired) electrons. The molecule has 1 aromatic rings. The van der Waals surface area contributed by atoms with Crippen molar-refractivity contribution in [1.29, 1.82) is 0 Å². The Morgan fingerprint density at radius 3 is 2.58 bits per heavy atom. The van der Waals surface area contributed by atoms with E-state index in [1.807, 2.05) is 0 Å². The van der Waals surface area contributed by atoms with Gasteiger partial charge in [-0.25, -0.2) is 0 Å². The maximum Gasteiger partial charge on any atom is 0.153 e. The Morgan fingerprint density at radius 2 is 2.00 bits per heavy atom. The number of nitrogens with zero attached hydrogens (tertiary/aromatic N) is 4. The maximum absolute atomic E-state index is 5.90. The molecule has 1 aliphatic heterocycles. The second-order valence-corrected chi connectivity index (χ2v) is 6.61. The molecule has 1 fully saturated rings. The maximum atomic E-state index is 5.90. The quantitative estimate of drug-likeness (QED) is 0.823. The van der Waals surface area contributed by atoms with E-state index in [9.17, 15) is 0 Å². The van der Waals surface area contributed by atoms with E-state index in [0.29, 0.717) is 5.82 Å². The molecule has 0 aromatic carbocycles. The summed E-state index contributed by atoms with van der Waals surface area (Å²) in [4.78, 5) is 8.33. The predicted octanol–water partition coefficient (Wildman–Crippen LogP) is 1.13. The second kappa shape index (κ2) is 6.78. The molecular formula is C12H23N5S2. The number of rotatable bonds is 5. The van der Waals surface area contributed by atoms with Crippen LogP contribution in [0, 0.1) is 0 Å². The van der Waals surface area contributed by atoms with E-state index in [4.69, 9.17) is 5.73 Å². The smallest absolute Gasteiger partial charge is 0.153 e. The molecule has 0 aliphatic carbocycles. The van der Waals surface area contributed by atoms with Gasteiger partial charge in [-0.3, -0.25) is 4.90 Å². The number of thioether (sulfide) groups is 1. The number of piperazine rings is 1. The van der Waals surface area contributed by atoms with E-state index >= 15 is 0 Å². The summed E-state index contributed by atoms with van der Waals surface area (Å²) in [6.45, 7) is 6.68. The van der Waals surface area contributed by atoms with Crippen LogP contribution in [-0.4, -0.2) is 73.8 Å². The number of aromatic nitrogens is 1. The van der Waals surface area contributed by atoms with Crippen LogP contribution in [0.5, 0.6) is 0 Å². The third-order valence-electron chi connectivity index (χ3n) is 3.38. The molecule has 7 heteroatoms. The zero-order valence-electron chi connectivity index (χ0n) is 11.9. The first-order valence-electron chi connectivity index (χ1n) is 6.53. The van der Waals surface area contributed by atoms with Crippen molar-refractivity contribution in [3.05, 3.63) is 0 Å². The minimum atomic E-state index is 0.683. The van der Waals surface area contributed by atoms with Crippen molar-refractivity contribution in [2.75, 3.05) is 70.3 Å². The lowest BCUT2D eigenvalue weighted by atomic mass is 10.3. The molecular weight excluding hydrogens is 278 g/mol. The summed E-state index contributed by atoms with van der Waals surface area (Å²) < 4.78 is 4.28. The minimum absolute atomic E-state index is 0.683. The Hall–Kier alpha value is -0.500. The Morgan fingerprint density at radius 1 is 1.32 bits per heavy atom. The van der Waals surface area contributed by atoms with Crippen LogP contribution in [0.2, 0.25) is 0 Å². The van der Waals surface area contributed by atoms with Crippen molar-refractivity contribution >= 4 is 34.1 Å². The molecule has 0 spiro atoms. The summed E-state index contributed by atoms with van der Waals surface area (Å²) in [5.41, 5.74) is 5.90. The van der Waals surface area contributed by atoms with Gasteiger partial charge in [0, 0.05) is 39.3 Å². The van der Waals surface area contributed by atoms with Crippen LogP contribution in [0.25, 0.3) is 0 Å². The van der Waals surface area contributed by atoms with Crippen LogP contribution in [-0.2, 0) is 0 Å². The van der Waals surface area contributed by atoms with Gasteiger partial charge in [0.25, 0.3) is 0 Å². The fraction of sp³-hybridized carbons (Fsp3) is 0.750. The van der Waals surface area contributed by atoms with Gasteiger partial charge in [-0.2, -0.15) is 4.37 Å². The van der Waals surface area contributed by atoms with Gasteiger partial charge in [-0.15, -0.1) is 11.8 Å². The largest absolute Gasteiger partial charge is 0.382 e. The molecule has 0 amide bonds. The van der Waals surface area contributed by atoms with Crippen molar-refractivity contribution in [2.45, 2.75) is 4.90 Å². The van der Waals surface area contributed by atoms with E-state index in [-0.39, 0.29) is 0 Å². The Balaban J connectivity index is 1.89. The summed E-state index contributed by atoms with van der Waals surface area (Å²) in [6, 6.07) is 0. The average Bonchev–Trinajstić information content (AvgIpc) is 2.78. The lowest BCUT2D eigenvalue weighted by molar-refractivity contribution is 0.229. The highest BCUT2D eigenvalue weighted by Gasteiger charge is 2.22. The van der Waals surface area contributed by atoms with E-state index in [0.717, 1.165) is 44.2 Å². The predicted molar refractivity (Wildman–Crippen MR) is 85.5 cm³/mol. The van der Waals surface area contributed by atoms with Crippen molar-refractivity contribution < 1.29 is 0 Å². The lowest BCUT2D eigenvalue weighted by Crippen LogP contribution is -2.48. The van der Waals surface area contributed by atoms with Crippen molar-refractivity contribution in [3.8, 4) is 0 Å². The van der Waals surface area contributed by atoms with Crippen LogP contribution in [0.3, 0.4) is 0 Å². The number of anilines is 2. The molecule has 0 atom stereocenters.